The smallest absolute Gasteiger partial charge is 0.248 e. The zero-order chi connectivity index (χ0) is 25.7. The first-order chi connectivity index (χ1) is 17.3. The van der Waals surface area contributed by atoms with Gasteiger partial charge in [0.2, 0.25) is 5.91 Å². The monoisotopic (exact) mass is 563 g/mol. The molecule has 0 saturated carbocycles. The van der Waals surface area contributed by atoms with E-state index in [1.807, 2.05) is 30.3 Å². The van der Waals surface area contributed by atoms with Crippen molar-refractivity contribution >= 4 is 69.8 Å². The Balaban J connectivity index is 1.35. The van der Waals surface area contributed by atoms with Crippen LogP contribution in [0, 0.1) is 0 Å². The number of carbonyl (C=O) groups is 1. The van der Waals surface area contributed by atoms with E-state index < -0.39 is 0 Å². The molecule has 4 rings (SSSR count). The predicted molar refractivity (Wildman–Crippen MR) is 151 cm³/mol. The number of carbonyl (C=O) groups excluding carboxylic acids is 1. The number of halogens is 4. The molecular formula is C27H25Cl4N3O2. The second-order valence-corrected chi connectivity index (χ2v) is 10.0. The van der Waals surface area contributed by atoms with Crippen LogP contribution in [0.15, 0.2) is 60.7 Å². The first-order valence-corrected chi connectivity index (χ1v) is 12.9. The average Bonchev–Trinajstić information content (AvgIpc) is 2.85. The zero-order valence-electron chi connectivity index (χ0n) is 19.6. The van der Waals surface area contributed by atoms with Gasteiger partial charge in [-0.15, -0.1) is 0 Å². The fourth-order valence-electron chi connectivity index (χ4n) is 4.12. The fourth-order valence-corrected chi connectivity index (χ4v) is 5.21. The molecule has 1 heterocycles. The summed E-state index contributed by atoms with van der Waals surface area (Å²) in [6.45, 7) is 4.34. The Morgan fingerprint density at radius 3 is 2.39 bits per heavy atom. The summed E-state index contributed by atoms with van der Waals surface area (Å²) in [6, 6.07) is 16.7. The maximum atomic E-state index is 12.5. The number of hydrogen-bond donors (Lipinski definition) is 1. The van der Waals surface area contributed by atoms with Crippen molar-refractivity contribution in [1.82, 2.24) is 4.90 Å². The molecule has 1 saturated heterocycles. The molecule has 1 amide bonds. The molecular weight excluding hydrogens is 540 g/mol. The van der Waals surface area contributed by atoms with E-state index in [1.165, 1.54) is 13.2 Å². The molecule has 5 nitrogen and oxygen atoms in total. The van der Waals surface area contributed by atoms with Crippen LogP contribution in [0.25, 0.3) is 6.08 Å². The summed E-state index contributed by atoms with van der Waals surface area (Å²) < 4.78 is 5.31. The van der Waals surface area contributed by atoms with Crippen molar-refractivity contribution in [2.45, 2.75) is 6.54 Å². The Morgan fingerprint density at radius 2 is 1.69 bits per heavy atom. The summed E-state index contributed by atoms with van der Waals surface area (Å²) in [6.07, 6.45) is 2.99. The van der Waals surface area contributed by atoms with Crippen molar-refractivity contribution in [2.75, 3.05) is 43.5 Å². The SMILES string of the molecule is COc1c(Cl)cc(Cl)cc1/C=C/C(=O)Nc1ccc(N2CCN(Cc3ccccc3Cl)CC2)c(Cl)c1. The van der Waals surface area contributed by atoms with Crippen molar-refractivity contribution < 1.29 is 9.53 Å². The molecule has 3 aromatic rings. The van der Waals surface area contributed by atoms with Gasteiger partial charge >= 0.3 is 0 Å². The van der Waals surface area contributed by atoms with Crippen LogP contribution in [0.1, 0.15) is 11.1 Å². The van der Waals surface area contributed by atoms with Gasteiger partial charge in [-0.1, -0.05) is 64.6 Å². The lowest BCUT2D eigenvalue weighted by Gasteiger charge is -2.36. The van der Waals surface area contributed by atoms with E-state index in [2.05, 4.69) is 21.2 Å². The summed E-state index contributed by atoms with van der Waals surface area (Å²) in [7, 11) is 1.51. The molecule has 0 radical (unpaired) electrons. The van der Waals surface area contributed by atoms with Gasteiger partial charge in [0, 0.05) is 60.1 Å². The maximum Gasteiger partial charge on any atom is 0.248 e. The highest BCUT2D eigenvalue weighted by Gasteiger charge is 2.20. The number of methoxy groups -OCH3 is 1. The molecule has 1 aliphatic rings. The topological polar surface area (TPSA) is 44.8 Å². The van der Waals surface area contributed by atoms with Gasteiger partial charge in [-0.05, 0) is 48.0 Å². The number of rotatable bonds is 7. The lowest BCUT2D eigenvalue weighted by Crippen LogP contribution is -2.46. The van der Waals surface area contributed by atoms with Gasteiger partial charge in [-0.2, -0.15) is 0 Å². The van der Waals surface area contributed by atoms with Crippen LogP contribution in [0.3, 0.4) is 0 Å². The number of anilines is 2. The van der Waals surface area contributed by atoms with Gasteiger partial charge in [-0.25, -0.2) is 0 Å². The molecule has 36 heavy (non-hydrogen) atoms. The van der Waals surface area contributed by atoms with Crippen LogP contribution in [-0.2, 0) is 11.3 Å². The average molecular weight is 565 g/mol. The van der Waals surface area contributed by atoms with Crippen LogP contribution < -0.4 is 15.0 Å². The molecule has 0 spiro atoms. The van der Waals surface area contributed by atoms with E-state index in [1.54, 1.807) is 24.3 Å². The maximum absolute atomic E-state index is 12.5. The van der Waals surface area contributed by atoms with E-state index in [-0.39, 0.29) is 5.91 Å². The Kier molecular flexibility index (Phi) is 9.04. The number of ether oxygens (including phenoxy) is 1. The van der Waals surface area contributed by atoms with Crippen LogP contribution in [0.4, 0.5) is 11.4 Å². The van der Waals surface area contributed by atoms with Gasteiger partial charge in [0.05, 0.1) is 22.8 Å². The zero-order valence-corrected chi connectivity index (χ0v) is 22.6. The van der Waals surface area contributed by atoms with Gasteiger partial charge in [-0.3, -0.25) is 9.69 Å². The molecule has 9 heteroatoms. The van der Waals surface area contributed by atoms with Gasteiger partial charge < -0.3 is 15.0 Å². The predicted octanol–water partition coefficient (Wildman–Crippen LogP) is 7.28. The minimum Gasteiger partial charge on any atom is -0.495 e. The molecule has 0 aliphatic carbocycles. The van der Waals surface area contributed by atoms with Crippen molar-refractivity contribution in [3.8, 4) is 5.75 Å². The third kappa shape index (κ3) is 6.67. The highest BCUT2D eigenvalue weighted by Crippen LogP contribution is 2.33. The van der Waals surface area contributed by atoms with Gasteiger partial charge in [0.15, 0.2) is 0 Å². The summed E-state index contributed by atoms with van der Waals surface area (Å²) in [4.78, 5) is 17.1. The van der Waals surface area contributed by atoms with Crippen molar-refractivity contribution in [2.24, 2.45) is 0 Å². The molecule has 3 aromatic carbocycles. The number of hydrogen-bond acceptors (Lipinski definition) is 4. The number of nitrogens with zero attached hydrogens (tertiary/aromatic N) is 2. The number of amides is 1. The first-order valence-electron chi connectivity index (χ1n) is 11.4. The highest BCUT2D eigenvalue weighted by molar-refractivity contribution is 6.36. The molecule has 0 unspecified atom stereocenters. The van der Waals surface area contributed by atoms with E-state index >= 15 is 0 Å². The summed E-state index contributed by atoms with van der Waals surface area (Å²) >= 11 is 25.1. The Bertz CT molecular complexity index is 1270. The molecule has 1 fully saturated rings. The molecule has 0 aromatic heterocycles. The first kappa shape index (κ1) is 26.6. The standard InChI is InChI=1S/C27H25Cl4N3O2/c1-36-27-18(14-20(28)15-24(27)31)6-9-26(35)32-21-7-8-25(23(30)16-21)34-12-10-33(11-13-34)17-19-4-2-3-5-22(19)29/h2-9,14-16H,10-13,17H2,1H3,(H,32,35)/b9-6+. The third-order valence-corrected chi connectivity index (χ3v) is 7.11. The lowest BCUT2D eigenvalue weighted by molar-refractivity contribution is -0.111. The Hall–Kier alpha value is -2.41. The van der Waals surface area contributed by atoms with Crippen molar-refractivity contribution in [1.29, 1.82) is 0 Å². The van der Waals surface area contributed by atoms with Crippen molar-refractivity contribution in [3.05, 3.63) is 91.9 Å². The number of benzene rings is 3. The molecule has 0 bridgehead atoms. The Morgan fingerprint density at radius 1 is 0.944 bits per heavy atom. The minimum atomic E-state index is -0.315. The van der Waals surface area contributed by atoms with Gasteiger partial charge in [0.1, 0.15) is 5.75 Å². The quantitative estimate of drug-likeness (QED) is 0.306. The number of piperazine rings is 1. The van der Waals surface area contributed by atoms with E-state index in [9.17, 15) is 4.79 Å². The fraction of sp³-hybridized carbons (Fsp3) is 0.222. The molecule has 0 atom stereocenters. The molecule has 188 valence electrons. The van der Waals surface area contributed by atoms with E-state index in [0.29, 0.717) is 32.1 Å². The summed E-state index contributed by atoms with van der Waals surface area (Å²) in [5.41, 5.74) is 3.29. The van der Waals surface area contributed by atoms with Crippen molar-refractivity contribution in [3.63, 3.8) is 0 Å². The highest BCUT2D eigenvalue weighted by atomic mass is 35.5. The van der Waals surface area contributed by atoms with E-state index in [0.717, 1.165) is 49.0 Å². The summed E-state index contributed by atoms with van der Waals surface area (Å²) in [5.74, 6) is 0.134. The van der Waals surface area contributed by atoms with Crippen LogP contribution >= 0.6 is 46.4 Å². The largest absolute Gasteiger partial charge is 0.495 e. The molecule has 1 aliphatic heterocycles. The van der Waals surface area contributed by atoms with Crippen LogP contribution in [0.5, 0.6) is 5.75 Å². The number of nitrogens with one attached hydrogen (secondary N) is 1. The normalized spacial score (nSPS) is 14.3. The van der Waals surface area contributed by atoms with Crippen LogP contribution in [-0.4, -0.2) is 44.1 Å². The second-order valence-electron chi connectivity index (χ2n) is 8.35. The second kappa shape index (κ2) is 12.2. The minimum absolute atomic E-state index is 0.315. The Labute approximate surface area is 231 Å². The molecule has 1 N–H and O–H groups in total. The van der Waals surface area contributed by atoms with E-state index in [4.69, 9.17) is 51.1 Å². The third-order valence-electron chi connectivity index (χ3n) is 5.94. The lowest BCUT2D eigenvalue weighted by atomic mass is 10.1. The van der Waals surface area contributed by atoms with Crippen LogP contribution in [0.2, 0.25) is 20.1 Å². The summed E-state index contributed by atoms with van der Waals surface area (Å²) in [5, 5.41) is 5.04. The van der Waals surface area contributed by atoms with Gasteiger partial charge in [0.25, 0.3) is 0 Å².